The van der Waals surface area contributed by atoms with Gasteiger partial charge in [0.25, 0.3) is 0 Å². The summed E-state index contributed by atoms with van der Waals surface area (Å²) in [6, 6.07) is 15.3. The molecule has 0 spiro atoms. The molecule has 5 nitrogen and oxygen atoms in total. The van der Waals surface area contributed by atoms with Crippen molar-refractivity contribution in [3.8, 4) is 10.7 Å². The number of aromatic nitrogens is 3. The van der Waals surface area contributed by atoms with Crippen molar-refractivity contribution in [3.63, 3.8) is 0 Å². The number of hydrogen-bond acceptors (Lipinski definition) is 6. The van der Waals surface area contributed by atoms with Gasteiger partial charge in [-0.15, -0.1) is 22.7 Å². The topological polar surface area (TPSA) is 59.0 Å². The third-order valence-corrected chi connectivity index (χ3v) is 5.69. The molecule has 0 saturated carbocycles. The number of amides is 1. The molecule has 134 valence electrons. The van der Waals surface area contributed by atoms with E-state index >= 15 is 0 Å². The number of thiazole rings is 2. The number of nitrogens with zero attached hydrogens (tertiary/aromatic N) is 4. The molecule has 0 aliphatic carbocycles. The molecule has 0 N–H and O–H groups in total. The zero-order valence-corrected chi connectivity index (χ0v) is 16.2. The van der Waals surface area contributed by atoms with Crippen LogP contribution in [-0.2, 0) is 11.2 Å². The number of aryl methyl sites for hydroxylation is 1. The maximum atomic E-state index is 13.1. The lowest BCUT2D eigenvalue weighted by molar-refractivity contribution is -0.117. The highest BCUT2D eigenvalue weighted by molar-refractivity contribution is 7.14. The van der Waals surface area contributed by atoms with Crippen molar-refractivity contribution in [2.75, 3.05) is 4.90 Å². The zero-order chi connectivity index (χ0) is 18.6. The van der Waals surface area contributed by atoms with E-state index in [1.165, 1.54) is 22.7 Å². The third-order valence-electron chi connectivity index (χ3n) is 3.83. The Bertz CT molecular complexity index is 1040. The minimum atomic E-state index is -0.0616. The largest absolute Gasteiger partial charge is 0.274 e. The van der Waals surface area contributed by atoms with Crippen molar-refractivity contribution in [3.05, 3.63) is 76.9 Å². The Morgan fingerprint density at radius 1 is 1.00 bits per heavy atom. The number of benzene rings is 1. The van der Waals surface area contributed by atoms with Gasteiger partial charge in [-0.2, -0.15) is 0 Å². The standard InChI is InChI=1S/C20H16N4OS2/c1-14-12-27-20(22-14)24(16-7-3-2-4-8-16)18(25)11-15-13-26-19(23-15)17-9-5-6-10-21-17/h2-10,12-13H,11H2,1H3. The van der Waals surface area contributed by atoms with Crippen LogP contribution >= 0.6 is 22.7 Å². The first-order valence-corrected chi connectivity index (χ1v) is 10.1. The van der Waals surface area contributed by atoms with E-state index in [9.17, 15) is 4.79 Å². The van der Waals surface area contributed by atoms with Gasteiger partial charge in [0.15, 0.2) is 5.13 Å². The Morgan fingerprint density at radius 3 is 2.52 bits per heavy atom. The molecule has 3 aromatic heterocycles. The minimum Gasteiger partial charge on any atom is -0.274 e. The number of hydrogen-bond donors (Lipinski definition) is 0. The van der Waals surface area contributed by atoms with Gasteiger partial charge in [0.1, 0.15) is 5.01 Å². The molecule has 3 heterocycles. The number of carbonyl (C=O) groups excluding carboxylic acids is 1. The van der Waals surface area contributed by atoms with Crippen molar-refractivity contribution >= 4 is 39.4 Å². The molecule has 0 aliphatic rings. The maximum Gasteiger partial charge on any atom is 0.239 e. The van der Waals surface area contributed by atoms with Crippen LogP contribution in [0.1, 0.15) is 11.4 Å². The van der Waals surface area contributed by atoms with E-state index in [2.05, 4.69) is 15.0 Å². The lowest BCUT2D eigenvalue weighted by atomic mass is 10.2. The fourth-order valence-electron chi connectivity index (χ4n) is 2.61. The predicted octanol–water partition coefficient (Wildman–Crippen LogP) is 4.88. The van der Waals surface area contributed by atoms with Crippen LogP contribution in [0.4, 0.5) is 10.8 Å². The van der Waals surface area contributed by atoms with Crippen molar-refractivity contribution in [2.24, 2.45) is 0 Å². The van der Waals surface area contributed by atoms with Crippen molar-refractivity contribution in [1.82, 2.24) is 15.0 Å². The molecule has 0 saturated heterocycles. The monoisotopic (exact) mass is 392 g/mol. The number of para-hydroxylation sites is 1. The molecular weight excluding hydrogens is 376 g/mol. The number of rotatable bonds is 5. The molecule has 0 fully saturated rings. The number of carbonyl (C=O) groups is 1. The van der Waals surface area contributed by atoms with Gasteiger partial charge >= 0.3 is 0 Å². The Hall–Kier alpha value is -2.90. The quantitative estimate of drug-likeness (QED) is 0.486. The Labute approximate surface area is 165 Å². The third kappa shape index (κ3) is 3.94. The SMILES string of the molecule is Cc1csc(N(C(=O)Cc2csc(-c3ccccn3)n2)c2ccccc2)n1. The van der Waals surface area contributed by atoms with E-state index in [1.54, 1.807) is 11.1 Å². The highest BCUT2D eigenvalue weighted by Gasteiger charge is 2.22. The molecule has 0 atom stereocenters. The molecule has 0 radical (unpaired) electrons. The van der Waals surface area contributed by atoms with Gasteiger partial charge in [-0.3, -0.25) is 14.7 Å². The van der Waals surface area contributed by atoms with E-state index in [0.29, 0.717) is 5.13 Å². The summed E-state index contributed by atoms with van der Waals surface area (Å²) in [7, 11) is 0. The number of pyridine rings is 1. The Kier molecular flexibility index (Phi) is 5.04. The van der Waals surface area contributed by atoms with Crippen molar-refractivity contribution < 1.29 is 4.79 Å². The fraction of sp³-hybridized carbons (Fsp3) is 0.100. The first-order valence-electron chi connectivity index (χ1n) is 8.36. The fourth-order valence-corrected chi connectivity index (χ4v) is 4.24. The van der Waals surface area contributed by atoms with E-state index in [0.717, 1.165) is 27.8 Å². The first-order chi connectivity index (χ1) is 13.2. The molecule has 0 bridgehead atoms. The molecular formula is C20H16N4OS2. The van der Waals surface area contributed by atoms with E-state index in [1.807, 2.05) is 66.2 Å². The summed E-state index contributed by atoms with van der Waals surface area (Å²) in [5.74, 6) is -0.0616. The van der Waals surface area contributed by atoms with Gasteiger partial charge in [0, 0.05) is 17.0 Å². The van der Waals surface area contributed by atoms with Crippen molar-refractivity contribution in [2.45, 2.75) is 13.3 Å². The van der Waals surface area contributed by atoms with Crippen LogP contribution in [0.15, 0.2) is 65.5 Å². The lowest BCUT2D eigenvalue weighted by Gasteiger charge is -2.19. The highest BCUT2D eigenvalue weighted by Crippen LogP contribution is 2.30. The van der Waals surface area contributed by atoms with Gasteiger partial charge in [-0.05, 0) is 31.2 Å². The van der Waals surface area contributed by atoms with Gasteiger partial charge in [-0.25, -0.2) is 9.97 Å². The van der Waals surface area contributed by atoms with Crippen LogP contribution in [-0.4, -0.2) is 20.9 Å². The first kappa shape index (κ1) is 17.5. The molecule has 4 aromatic rings. The average Bonchev–Trinajstić information content (AvgIpc) is 3.33. The number of anilines is 2. The normalized spacial score (nSPS) is 10.7. The average molecular weight is 393 g/mol. The van der Waals surface area contributed by atoms with E-state index in [-0.39, 0.29) is 12.3 Å². The van der Waals surface area contributed by atoms with Crippen LogP contribution in [0.25, 0.3) is 10.7 Å². The Morgan fingerprint density at radius 2 is 1.81 bits per heavy atom. The zero-order valence-electron chi connectivity index (χ0n) is 14.6. The summed E-state index contributed by atoms with van der Waals surface area (Å²) in [5.41, 5.74) is 3.25. The van der Waals surface area contributed by atoms with Crippen LogP contribution in [0, 0.1) is 6.92 Å². The van der Waals surface area contributed by atoms with Crippen LogP contribution in [0.2, 0.25) is 0 Å². The molecule has 0 unspecified atom stereocenters. The van der Waals surface area contributed by atoms with E-state index < -0.39 is 0 Å². The summed E-state index contributed by atoms with van der Waals surface area (Å²) >= 11 is 2.95. The molecule has 4 rings (SSSR count). The maximum absolute atomic E-state index is 13.1. The van der Waals surface area contributed by atoms with Gasteiger partial charge in [0.05, 0.1) is 29.2 Å². The lowest BCUT2D eigenvalue weighted by Crippen LogP contribution is -2.27. The van der Waals surface area contributed by atoms with Gasteiger partial charge < -0.3 is 0 Å². The second-order valence-electron chi connectivity index (χ2n) is 5.87. The molecule has 27 heavy (non-hydrogen) atoms. The molecule has 1 aromatic carbocycles. The molecule has 0 aliphatic heterocycles. The van der Waals surface area contributed by atoms with Crippen LogP contribution in [0.5, 0.6) is 0 Å². The minimum absolute atomic E-state index is 0.0616. The highest BCUT2D eigenvalue weighted by atomic mass is 32.1. The summed E-state index contributed by atoms with van der Waals surface area (Å²) in [5, 5.41) is 5.34. The summed E-state index contributed by atoms with van der Waals surface area (Å²) in [6.45, 7) is 1.92. The molecule has 7 heteroatoms. The smallest absolute Gasteiger partial charge is 0.239 e. The molecule has 1 amide bonds. The van der Waals surface area contributed by atoms with Crippen LogP contribution < -0.4 is 4.90 Å². The summed E-state index contributed by atoms with van der Waals surface area (Å²) in [6.07, 6.45) is 1.94. The second kappa shape index (κ2) is 7.77. The summed E-state index contributed by atoms with van der Waals surface area (Å²) < 4.78 is 0. The summed E-state index contributed by atoms with van der Waals surface area (Å²) in [4.78, 5) is 28.2. The van der Waals surface area contributed by atoms with Crippen LogP contribution in [0.3, 0.4) is 0 Å². The second-order valence-corrected chi connectivity index (χ2v) is 7.57. The predicted molar refractivity (Wildman–Crippen MR) is 109 cm³/mol. The van der Waals surface area contributed by atoms with Gasteiger partial charge in [0.2, 0.25) is 5.91 Å². The van der Waals surface area contributed by atoms with Crippen molar-refractivity contribution in [1.29, 1.82) is 0 Å². The van der Waals surface area contributed by atoms with Gasteiger partial charge in [-0.1, -0.05) is 24.3 Å². The van der Waals surface area contributed by atoms with E-state index in [4.69, 9.17) is 0 Å². The Balaban J connectivity index is 1.60.